The van der Waals surface area contributed by atoms with Crippen LogP contribution in [0.2, 0.25) is 0 Å². The van der Waals surface area contributed by atoms with Crippen molar-refractivity contribution in [2.45, 2.75) is 26.8 Å². The van der Waals surface area contributed by atoms with Crippen LogP contribution in [0.15, 0.2) is 34.8 Å². The molecule has 2 aromatic rings. The Bertz CT molecular complexity index is 617. The van der Waals surface area contributed by atoms with Crippen LogP contribution in [0.25, 0.3) is 0 Å². The molecule has 0 saturated carbocycles. The van der Waals surface area contributed by atoms with Crippen LogP contribution in [0.3, 0.4) is 0 Å². The summed E-state index contributed by atoms with van der Waals surface area (Å²) >= 11 is 3.51. The van der Waals surface area contributed by atoms with Crippen molar-refractivity contribution >= 4 is 21.6 Å². The first-order valence-corrected chi connectivity index (χ1v) is 7.16. The molecule has 20 heavy (non-hydrogen) atoms. The highest BCUT2D eigenvalue weighted by atomic mass is 79.9. The van der Waals surface area contributed by atoms with Crippen LogP contribution in [-0.4, -0.2) is 0 Å². The van der Waals surface area contributed by atoms with E-state index < -0.39 is 11.6 Å². The minimum absolute atomic E-state index is 0.314. The fourth-order valence-electron chi connectivity index (χ4n) is 2.20. The van der Waals surface area contributed by atoms with Crippen LogP contribution >= 0.6 is 15.9 Å². The maximum absolute atomic E-state index is 13.7. The highest BCUT2D eigenvalue weighted by molar-refractivity contribution is 9.10. The van der Waals surface area contributed by atoms with E-state index in [2.05, 4.69) is 21.2 Å². The molecule has 0 aliphatic heterocycles. The molecule has 0 aliphatic carbocycles. The average Bonchev–Trinajstić information content (AvgIpc) is 2.38. The second kappa shape index (κ2) is 5.92. The lowest BCUT2D eigenvalue weighted by molar-refractivity contribution is 0.577. The molecular formula is C16H16BrF2N. The van der Waals surface area contributed by atoms with E-state index in [9.17, 15) is 8.78 Å². The summed E-state index contributed by atoms with van der Waals surface area (Å²) in [7, 11) is 0. The molecule has 0 amide bonds. The molecule has 1 nitrogen and oxygen atoms in total. The predicted octanol–water partition coefficient (Wildman–Crippen LogP) is 5.52. The second-order valence-corrected chi connectivity index (χ2v) is 5.75. The quantitative estimate of drug-likeness (QED) is 0.776. The molecule has 2 rings (SSSR count). The number of halogens is 3. The number of hydrogen-bond acceptors (Lipinski definition) is 1. The Morgan fingerprint density at radius 1 is 1.05 bits per heavy atom. The molecule has 0 radical (unpaired) electrons. The van der Waals surface area contributed by atoms with Crippen LogP contribution in [0.4, 0.5) is 14.5 Å². The zero-order valence-electron chi connectivity index (χ0n) is 11.6. The van der Waals surface area contributed by atoms with E-state index in [4.69, 9.17) is 0 Å². The van der Waals surface area contributed by atoms with Crippen molar-refractivity contribution in [2.75, 3.05) is 5.32 Å². The van der Waals surface area contributed by atoms with E-state index in [0.717, 1.165) is 33.4 Å². The van der Waals surface area contributed by atoms with E-state index in [1.807, 2.05) is 32.9 Å². The Morgan fingerprint density at radius 2 is 1.65 bits per heavy atom. The zero-order valence-corrected chi connectivity index (χ0v) is 13.2. The minimum Gasteiger partial charge on any atom is -0.378 e. The third-order valence-electron chi connectivity index (χ3n) is 3.24. The van der Waals surface area contributed by atoms with Gasteiger partial charge in [-0.15, -0.1) is 0 Å². The van der Waals surface area contributed by atoms with Gasteiger partial charge < -0.3 is 5.32 Å². The van der Waals surface area contributed by atoms with Gasteiger partial charge in [0.15, 0.2) is 0 Å². The Balaban J connectivity index is 2.27. The molecule has 1 atom stereocenters. The Kier molecular flexibility index (Phi) is 4.43. The van der Waals surface area contributed by atoms with E-state index in [0.29, 0.717) is 5.56 Å². The molecule has 1 N–H and O–H groups in total. The molecule has 0 fully saturated rings. The summed E-state index contributed by atoms with van der Waals surface area (Å²) < 4.78 is 28.0. The van der Waals surface area contributed by atoms with Gasteiger partial charge in [-0.05, 0) is 62.2 Å². The molecular weight excluding hydrogens is 324 g/mol. The smallest absolute Gasteiger partial charge is 0.128 e. The molecule has 0 aliphatic rings. The lowest BCUT2D eigenvalue weighted by Gasteiger charge is -2.18. The van der Waals surface area contributed by atoms with Crippen molar-refractivity contribution in [3.8, 4) is 0 Å². The van der Waals surface area contributed by atoms with Gasteiger partial charge in [0.2, 0.25) is 0 Å². The van der Waals surface area contributed by atoms with Gasteiger partial charge in [0.25, 0.3) is 0 Å². The van der Waals surface area contributed by atoms with Crippen LogP contribution in [0, 0.1) is 25.5 Å². The predicted molar refractivity (Wildman–Crippen MR) is 82.0 cm³/mol. The van der Waals surface area contributed by atoms with Gasteiger partial charge in [0.05, 0.1) is 6.04 Å². The topological polar surface area (TPSA) is 12.0 Å². The van der Waals surface area contributed by atoms with Crippen molar-refractivity contribution in [1.82, 2.24) is 0 Å². The van der Waals surface area contributed by atoms with E-state index in [-0.39, 0.29) is 6.04 Å². The van der Waals surface area contributed by atoms with Gasteiger partial charge in [-0.1, -0.05) is 15.9 Å². The lowest BCUT2D eigenvalue weighted by Crippen LogP contribution is -2.09. The van der Waals surface area contributed by atoms with Crippen molar-refractivity contribution in [3.05, 3.63) is 63.1 Å². The molecule has 2 aromatic carbocycles. The number of anilines is 1. The molecule has 106 valence electrons. The zero-order chi connectivity index (χ0) is 14.9. The average molecular weight is 340 g/mol. The van der Waals surface area contributed by atoms with Gasteiger partial charge in [-0.3, -0.25) is 0 Å². The number of hydrogen-bond donors (Lipinski definition) is 1. The Labute approximate surface area is 126 Å². The number of nitrogens with one attached hydrogen (secondary N) is 1. The Hall–Kier alpha value is -1.42. The molecule has 1 unspecified atom stereocenters. The van der Waals surface area contributed by atoms with Gasteiger partial charge in [0, 0.05) is 15.7 Å². The van der Waals surface area contributed by atoms with Gasteiger partial charge >= 0.3 is 0 Å². The van der Waals surface area contributed by atoms with Crippen molar-refractivity contribution in [1.29, 1.82) is 0 Å². The molecule has 0 aromatic heterocycles. The van der Waals surface area contributed by atoms with E-state index >= 15 is 0 Å². The van der Waals surface area contributed by atoms with Crippen LogP contribution in [-0.2, 0) is 0 Å². The van der Waals surface area contributed by atoms with E-state index in [1.54, 1.807) is 0 Å². The number of benzene rings is 2. The first-order chi connectivity index (χ1) is 9.38. The lowest BCUT2D eigenvalue weighted by atomic mass is 10.1. The normalized spacial score (nSPS) is 12.3. The fraction of sp³-hybridized carbons (Fsp3) is 0.250. The van der Waals surface area contributed by atoms with Crippen molar-refractivity contribution < 1.29 is 8.78 Å². The monoisotopic (exact) mass is 339 g/mol. The highest BCUT2D eigenvalue weighted by Gasteiger charge is 2.13. The van der Waals surface area contributed by atoms with E-state index in [1.165, 1.54) is 6.07 Å². The summed E-state index contributed by atoms with van der Waals surface area (Å²) in [5, 5.41) is 3.21. The molecule has 0 bridgehead atoms. The van der Waals surface area contributed by atoms with Gasteiger partial charge in [0.1, 0.15) is 11.6 Å². The largest absolute Gasteiger partial charge is 0.378 e. The maximum Gasteiger partial charge on any atom is 0.128 e. The van der Waals surface area contributed by atoms with Crippen molar-refractivity contribution in [3.63, 3.8) is 0 Å². The summed E-state index contributed by atoms with van der Waals surface area (Å²) in [6, 6.07) is 7.15. The van der Waals surface area contributed by atoms with Gasteiger partial charge in [-0.2, -0.15) is 0 Å². The summed E-state index contributed by atoms with van der Waals surface area (Å²) in [5.41, 5.74) is 3.40. The summed E-state index contributed by atoms with van der Waals surface area (Å²) in [4.78, 5) is 0. The first kappa shape index (κ1) is 15.0. The fourth-order valence-corrected chi connectivity index (χ4v) is 2.43. The molecule has 0 saturated heterocycles. The summed E-state index contributed by atoms with van der Waals surface area (Å²) in [6.45, 7) is 5.80. The SMILES string of the molecule is Cc1cc(NC(C)c2cc(F)ccc2F)cc(C)c1Br. The van der Waals surface area contributed by atoms with Crippen LogP contribution < -0.4 is 5.32 Å². The summed E-state index contributed by atoms with van der Waals surface area (Å²) in [5.74, 6) is -0.838. The minimum atomic E-state index is -0.432. The number of aryl methyl sites for hydroxylation is 2. The second-order valence-electron chi connectivity index (χ2n) is 4.96. The van der Waals surface area contributed by atoms with Gasteiger partial charge in [-0.25, -0.2) is 8.78 Å². The van der Waals surface area contributed by atoms with Crippen LogP contribution in [0.1, 0.15) is 29.7 Å². The third kappa shape index (κ3) is 3.18. The first-order valence-electron chi connectivity index (χ1n) is 6.36. The number of rotatable bonds is 3. The van der Waals surface area contributed by atoms with Crippen LogP contribution in [0.5, 0.6) is 0 Å². The standard InChI is InChI=1S/C16H16BrF2N/c1-9-6-13(7-10(2)16(9)17)20-11(3)14-8-12(18)4-5-15(14)19/h4-8,11,20H,1-3H3. The molecule has 0 heterocycles. The third-order valence-corrected chi connectivity index (χ3v) is 4.50. The maximum atomic E-state index is 13.7. The highest BCUT2D eigenvalue weighted by Crippen LogP contribution is 2.28. The summed E-state index contributed by atoms with van der Waals surface area (Å²) in [6.07, 6.45) is 0. The molecule has 4 heteroatoms. The molecule has 0 spiro atoms. The Morgan fingerprint density at radius 3 is 2.25 bits per heavy atom. The van der Waals surface area contributed by atoms with Crippen molar-refractivity contribution in [2.24, 2.45) is 0 Å².